The second-order valence-corrected chi connectivity index (χ2v) is 9.94. The molecule has 1 atom stereocenters. The molecular formula is C25H31FN2O3S. The summed E-state index contributed by atoms with van der Waals surface area (Å²) in [6.45, 7) is 4.75. The predicted octanol–water partition coefficient (Wildman–Crippen LogP) is 4.82. The third-order valence-corrected chi connectivity index (χ3v) is 7.56. The summed E-state index contributed by atoms with van der Waals surface area (Å²) in [5.74, 6) is -0.181. The minimum Gasteiger partial charge on any atom is -0.488 e. The molecule has 1 aromatic carbocycles. The lowest BCUT2D eigenvalue weighted by Gasteiger charge is -2.38. The second-order valence-electron chi connectivity index (χ2n) is 8.93. The SMILES string of the molecule is CC(C)N(CC(=O)N1CCc2sccc2[C@H]1COc1ccccc1F)C(=O)C1CCCC1. The molecule has 5 nitrogen and oxygen atoms in total. The Hall–Kier alpha value is -2.41. The van der Waals surface area contributed by atoms with E-state index in [1.165, 1.54) is 10.9 Å². The molecule has 1 aromatic heterocycles. The zero-order valence-corrected chi connectivity index (χ0v) is 19.6. The number of fused-ring (bicyclic) bond motifs is 1. The van der Waals surface area contributed by atoms with E-state index >= 15 is 0 Å². The normalized spacial score (nSPS) is 18.6. The van der Waals surface area contributed by atoms with Gasteiger partial charge < -0.3 is 14.5 Å². The minimum atomic E-state index is -0.417. The van der Waals surface area contributed by atoms with Crippen molar-refractivity contribution in [3.05, 3.63) is 52.0 Å². The van der Waals surface area contributed by atoms with Crippen molar-refractivity contribution in [2.24, 2.45) is 5.92 Å². The van der Waals surface area contributed by atoms with Crippen LogP contribution in [0.2, 0.25) is 0 Å². The van der Waals surface area contributed by atoms with Crippen LogP contribution < -0.4 is 4.74 Å². The largest absolute Gasteiger partial charge is 0.488 e. The first-order valence-corrected chi connectivity index (χ1v) is 12.4. The van der Waals surface area contributed by atoms with Gasteiger partial charge in [0.25, 0.3) is 0 Å². The van der Waals surface area contributed by atoms with E-state index in [9.17, 15) is 14.0 Å². The fraction of sp³-hybridized carbons (Fsp3) is 0.520. The summed E-state index contributed by atoms with van der Waals surface area (Å²) in [7, 11) is 0. The molecule has 2 amide bonds. The highest BCUT2D eigenvalue weighted by atomic mass is 32.1. The molecule has 1 fully saturated rings. The van der Waals surface area contributed by atoms with Crippen molar-refractivity contribution in [3.8, 4) is 5.75 Å². The van der Waals surface area contributed by atoms with Gasteiger partial charge >= 0.3 is 0 Å². The van der Waals surface area contributed by atoms with Crippen LogP contribution in [0.4, 0.5) is 4.39 Å². The Morgan fingerprint density at radius 1 is 1.22 bits per heavy atom. The molecule has 172 valence electrons. The Labute approximate surface area is 193 Å². The molecule has 0 spiro atoms. The van der Waals surface area contributed by atoms with Crippen LogP contribution in [0.1, 0.15) is 56.0 Å². The molecule has 0 bridgehead atoms. The van der Waals surface area contributed by atoms with Crippen molar-refractivity contribution in [2.45, 2.75) is 58.0 Å². The first-order valence-electron chi connectivity index (χ1n) is 11.5. The number of amides is 2. The van der Waals surface area contributed by atoms with Gasteiger partial charge in [0.2, 0.25) is 11.8 Å². The zero-order chi connectivity index (χ0) is 22.7. The number of thiophene rings is 1. The van der Waals surface area contributed by atoms with Crippen LogP contribution in [-0.4, -0.2) is 47.4 Å². The van der Waals surface area contributed by atoms with E-state index in [1.54, 1.807) is 34.4 Å². The van der Waals surface area contributed by atoms with Gasteiger partial charge in [0.05, 0.1) is 6.04 Å². The number of benzene rings is 1. The summed E-state index contributed by atoms with van der Waals surface area (Å²) < 4.78 is 19.9. The van der Waals surface area contributed by atoms with E-state index in [0.29, 0.717) is 6.54 Å². The zero-order valence-electron chi connectivity index (χ0n) is 18.8. The van der Waals surface area contributed by atoms with Crippen LogP contribution in [-0.2, 0) is 16.0 Å². The predicted molar refractivity (Wildman–Crippen MR) is 123 cm³/mol. The number of hydrogen-bond acceptors (Lipinski definition) is 4. The average Bonchev–Trinajstić information content (AvgIpc) is 3.48. The number of ether oxygens (including phenoxy) is 1. The van der Waals surface area contributed by atoms with Crippen LogP contribution >= 0.6 is 11.3 Å². The van der Waals surface area contributed by atoms with Gasteiger partial charge in [-0.25, -0.2) is 4.39 Å². The van der Waals surface area contributed by atoms with Gasteiger partial charge in [0.15, 0.2) is 11.6 Å². The maximum Gasteiger partial charge on any atom is 0.242 e. The van der Waals surface area contributed by atoms with E-state index in [1.807, 2.05) is 30.2 Å². The Morgan fingerprint density at radius 2 is 1.97 bits per heavy atom. The van der Waals surface area contributed by atoms with Crippen molar-refractivity contribution in [1.82, 2.24) is 9.80 Å². The van der Waals surface area contributed by atoms with Crippen LogP contribution in [0, 0.1) is 11.7 Å². The minimum absolute atomic E-state index is 0.0372. The molecule has 2 heterocycles. The maximum atomic E-state index is 14.1. The summed E-state index contributed by atoms with van der Waals surface area (Å²) >= 11 is 1.68. The van der Waals surface area contributed by atoms with Gasteiger partial charge in [-0.15, -0.1) is 11.3 Å². The summed E-state index contributed by atoms with van der Waals surface area (Å²) in [5, 5.41) is 2.03. The van der Waals surface area contributed by atoms with Crippen LogP contribution in [0.15, 0.2) is 35.7 Å². The summed E-state index contributed by atoms with van der Waals surface area (Å²) in [5.41, 5.74) is 1.06. The first-order chi connectivity index (χ1) is 15.5. The molecule has 0 radical (unpaired) electrons. The van der Waals surface area contributed by atoms with Crippen molar-refractivity contribution < 1.29 is 18.7 Å². The molecule has 0 N–H and O–H groups in total. The molecule has 1 aliphatic heterocycles. The molecule has 1 aliphatic carbocycles. The topological polar surface area (TPSA) is 49.9 Å². The monoisotopic (exact) mass is 458 g/mol. The van der Waals surface area contributed by atoms with E-state index < -0.39 is 5.82 Å². The van der Waals surface area contributed by atoms with E-state index in [4.69, 9.17) is 4.74 Å². The van der Waals surface area contributed by atoms with Crippen molar-refractivity contribution in [3.63, 3.8) is 0 Å². The highest BCUT2D eigenvalue weighted by Gasteiger charge is 2.35. The number of nitrogens with zero attached hydrogens (tertiary/aromatic N) is 2. The van der Waals surface area contributed by atoms with Crippen molar-refractivity contribution >= 4 is 23.2 Å². The number of rotatable bonds is 7. The van der Waals surface area contributed by atoms with Gasteiger partial charge in [-0.3, -0.25) is 9.59 Å². The molecule has 2 aromatic rings. The van der Waals surface area contributed by atoms with Crippen molar-refractivity contribution in [2.75, 3.05) is 19.7 Å². The number of halogens is 1. The Kier molecular flexibility index (Phi) is 7.13. The smallest absolute Gasteiger partial charge is 0.242 e. The number of para-hydroxylation sites is 1. The Balaban J connectivity index is 1.51. The molecule has 1 saturated carbocycles. The van der Waals surface area contributed by atoms with Crippen LogP contribution in [0.5, 0.6) is 5.75 Å². The van der Waals surface area contributed by atoms with Gasteiger partial charge in [-0.2, -0.15) is 0 Å². The maximum absolute atomic E-state index is 14.1. The molecule has 2 aliphatic rings. The third kappa shape index (κ3) is 4.82. The second kappa shape index (κ2) is 10.0. The Morgan fingerprint density at radius 3 is 2.69 bits per heavy atom. The molecule has 0 unspecified atom stereocenters. The van der Waals surface area contributed by atoms with E-state index in [0.717, 1.165) is 37.7 Å². The standard InChI is InChI=1S/C25H31FN2O3S/c1-17(2)28(25(30)18-7-3-4-8-18)15-24(29)27-13-11-23-19(12-14-32-23)21(27)16-31-22-10-6-5-9-20(22)26/h5-6,9-10,12,14,17-18,21H,3-4,7-8,11,13,15-16H2,1-2H3/t21-/m1/s1. The summed E-state index contributed by atoms with van der Waals surface area (Å²) in [4.78, 5) is 31.3. The van der Waals surface area contributed by atoms with E-state index in [-0.39, 0.29) is 48.7 Å². The van der Waals surface area contributed by atoms with E-state index in [2.05, 4.69) is 0 Å². The average molecular weight is 459 g/mol. The molecular weight excluding hydrogens is 427 g/mol. The fourth-order valence-corrected chi connectivity index (χ4v) is 5.69. The van der Waals surface area contributed by atoms with Gasteiger partial charge in [0.1, 0.15) is 13.2 Å². The lowest BCUT2D eigenvalue weighted by molar-refractivity contribution is -0.146. The highest BCUT2D eigenvalue weighted by molar-refractivity contribution is 7.10. The lowest BCUT2D eigenvalue weighted by atomic mass is 10.00. The summed E-state index contributed by atoms with van der Waals surface area (Å²) in [6.07, 6.45) is 4.78. The van der Waals surface area contributed by atoms with Gasteiger partial charge in [-0.1, -0.05) is 25.0 Å². The van der Waals surface area contributed by atoms with Crippen LogP contribution in [0.25, 0.3) is 0 Å². The lowest BCUT2D eigenvalue weighted by Crippen LogP contribution is -2.50. The van der Waals surface area contributed by atoms with Gasteiger partial charge in [-0.05, 0) is 62.3 Å². The summed E-state index contributed by atoms with van der Waals surface area (Å²) in [6, 6.07) is 8.00. The van der Waals surface area contributed by atoms with Crippen LogP contribution in [0.3, 0.4) is 0 Å². The molecule has 32 heavy (non-hydrogen) atoms. The third-order valence-electron chi connectivity index (χ3n) is 6.57. The number of carbonyl (C=O) groups excluding carboxylic acids is 2. The number of hydrogen-bond donors (Lipinski definition) is 0. The first kappa shape index (κ1) is 22.8. The Bertz CT molecular complexity index is 954. The van der Waals surface area contributed by atoms with Crippen molar-refractivity contribution in [1.29, 1.82) is 0 Å². The number of carbonyl (C=O) groups is 2. The molecule has 4 rings (SSSR count). The molecule has 0 saturated heterocycles. The fourth-order valence-electron chi connectivity index (χ4n) is 4.76. The molecule has 7 heteroatoms. The van der Waals surface area contributed by atoms with Gasteiger partial charge in [0, 0.05) is 23.4 Å². The highest BCUT2D eigenvalue weighted by Crippen LogP contribution is 2.34. The quantitative estimate of drug-likeness (QED) is 0.598.